The van der Waals surface area contributed by atoms with E-state index in [2.05, 4.69) is 24.3 Å². The quantitative estimate of drug-likeness (QED) is 0.611. The van der Waals surface area contributed by atoms with Gasteiger partial charge in [0, 0.05) is 18.3 Å². The predicted molar refractivity (Wildman–Crippen MR) is 115 cm³/mol. The number of carbonyl (C=O) groups excluding carboxylic acids is 1. The molecule has 0 bridgehead atoms. The third-order valence-electron chi connectivity index (χ3n) is 5.82. The minimum atomic E-state index is -1.05. The molecule has 1 unspecified atom stereocenters. The summed E-state index contributed by atoms with van der Waals surface area (Å²) in [5.41, 5.74) is 3.83. The summed E-state index contributed by atoms with van der Waals surface area (Å²) in [6, 6.07) is 16.5. The molecule has 0 spiro atoms. The lowest BCUT2D eigenvalue weighted by Gasteiger charge is -2.23. The van der Waals surface area contributed by atoms with E-state index < -0.39 is 23.4 Å². The number of ketones is 1. The van der Waals surface area contributed by atoms with Crippen LogP contribution in [-0.4, -0.2) is 40.8 Å². The zero-order valence-corrected chi connectivity index (χ0v) is 17.8. The van der Waals surface area contributed by atoms with Gasteiger partial charge in [0.2, 0.25) is 0 Å². The van der Waals surface area contributed by atoms with Crippen molar-refractivity contribution in [3.63, 3.8) is 0 Å². The Kier molecular flexibility index (Phi) is 6.74. The third kappa shape index (κ3) is 4.97. The van der Waals surface area contributed by atoms with Crippen molar-refractivity contribution in [1.29, 1.82) is 0 Å². The van der Waals surface area contributed by atoms with Crippen LogP contribution in [0, 0.1) is 11.8 Å². The fourth-order valence-corrected chi connectivity index (χ4v) is 4.17. The Morgan fingerprint density at radius 3 is 2.07 bits per heavy atom. The van der Waals surface area contributed by atoms with Crippen molar-refractivity contribution in [2.75, 3.05) is 13.2 Å². The van der Waals surface area contributed by atoms with Gasteiger partial charge in [0.1, 0.15) is 5.78 Å². The second-order valence-electron chi connectivity index (χ2n) is 8.79. The van der Waals surface area contributed by atoms with Crippen LogP contribution in [0.25, 0.3) is 11.1 Å². The van der Waals surface area contributed by atoms with Crippen molar-refractivity contribution < 1.29 is 24.5 Å². The predicted octanol–water partition coefficient (Wildman–Crippen LogP) is 4.27. The number of Topliss-reactive ketones (excluding diaryl/α,β-unsaturated/α-hetero) is 1. The van der Waals surface area contributed by atoms with E-state index in [1.807, 2.05) is 24.3 Å². The van der Waals surface area contributed by atoms with Gasteiger partial charge in [-0.3, -0.25) is 9.59 Å². The van der Waals surface area contributed by atoms with E-state index in [0.717, 1.165) is 0 Å². The van der Waals surface area contributed by atoms with Crippen LogP contribution in [0.5, 0.6) is 0 Å². The second kappa shape index (κ2) is 9.11. The minimum absolute atomic E-state index is 0.0212. The van der Waals surface area contributed by atoms with E-state index in [1.165, 1.54) is 22.3 Å². The van der Waals surface area contributed by atoms with Crippen LogP contribution in [0.4, 0.5) is 0 Å². The first-order chi connectivity index (χ1) is 14.2. The van der Waals surface area contributed by atoms with Crippen LogP contribution in [0.2, 0.25) is 0 Å². The maximum Gasteiger partial charge on any atom is 0.309 e. The van der Waals surface area contributed by atoms with Crippen molar-refractivity contribution in [1.82, 2.24) is 0 Å². The number of aliphatic hydroxyl groups is 1. The Labute approximate surface area is 177 Å². The molecule has 0 amide bonds. The van der Waals surface area contributed by atoms with Crippen molar-refractivity contribution >= 4 is 11.8 Å². The van der Waals surface area contributed by atoms with Gasteiger partial charge in [0.25, 0.3) is 0 Å². The molecule has 0 aliphatic heterocycles. The Morgan fingerprint density at radius 1 is 1.03 bits per heavy atom. The van der Waals surface area contributed by atoms with Gasteiger partial charge in [0.15, 0.2) is 0 Å². The number of rotatable bonds is 10. The number of ether oxygens (including phenoxy) is 1. The molecule has 0 heterocycles. The average Bonchev–Trinajstić information content (AvgIpc) is 3.02. The molecule has 2 aromatic carbocycles. The molecular weight excluding hydrogens is 380 g/mol. The molecule has 0 fully saturated rings. The number of carboxylic acids is 1. The fourth-order valence-electron chi connectivity index (χ4n) is 4.17. The van der Waals surface area contributed by atoms with Crippen molar-refractivity contribution in [2.24, 2.45) is 11.8 Å². The SMILES string of the molecule is CC(C(=O)CCC1c2ccccc2-c2ccccc21)[C@@H](COCC(C)(C)O)C(=O)O. The third-order valence-corrected chi connectivity index (χ3v) is 5.82. The number of hydrogen-bond acceptors (Lipinski definition) is 4. The van der Waals surface area contributed by atoms with Crippen molar-refractivity contribution in [2.45, 2.75) is 45.1 Å². The summed E-state index contributed by atoms with van der Waals surface area (Å²) in [6.07, 6.45) is 0.956. The standard InChI is InChI=1S/C25H30O5/c1-16(22(24(27)28)14-30-15-25(2,3)29)23(26)13-12-21-19-10-6-4-8-17(19)18-9-5-7-11-20(18)21/h4-11,16,21-22,29H,12-15H2,1-3H3,(H,27,28)/t16?,22-/m1/s1. The van der Waals surface area contributed by atoms with Gasteiger partial charge in [-0.1, -0.05) is 55.5 Å². The van der Waals surface area contributed by atoms with Crippen LogP contribution in [0.15, 0.2) is 48.5 Å². The molecular formula is C25H30O5. The lowest BCUT2D eigenvalue weighted by atomic mass is 9.85. The molecule has 2 aromatic rings. The molecule has 1 aliphatic carbocycles. The van der Waals surface area contributed by atoms with E-state index in [-0.39, 0.29) is 24.9 Å². The summed E-state index contributed by atoms with van der Waals surface area (Å²) in [5.74, 6) is -2.57. The molecule has 5 heteroatoms. The van der Waals surface area contributed by atoms with E-state index in [9.17, 15) is 19.8 Å². The summed E-state index contributed by atoms with van der Waals surface area (Å²) < 4.78 is 5.38. The topological polar surface area (TPSA) is 83.8 Å². The summed E-state index contributed by atoms with van der Waals surface area (Å²) >= 11 is 0. The van der Waals surface area contributed by atoms with Gasteiger partial charge in [0.05, 0.1) is 24.7 Å². The largest absolute Gasteiger partial charge is 0.481 e. The highest BCUT2D eigenvalue weighted by Crippen LogP contribution is 2.46. The molecule has 0 radical (unpaired) electrons. The maximum absolute atomic E-state index is 12.9. The summed E-state index contributed by atoms with van der Waals surface area (Å²) in [5, 5.41) is 19.3. The smallest absolute Gasteiger partial charge is 0.309 e. The number of benzene rings is 2. The minimum Gasteiger partial charge on any atom is -0.481 e. The van der Waals surface area contributed by atoms with Crippen LogP contribution in [-0.2, 0) is 14.3 Å². The average molecular weight is 411 g/mol. The molecule has 2 N–H and O–H groups in total. The van der Waals surface area contributed by atoms with Gasteiger partial charge < -0.3 is 14.9 Å². The highest BCUT2D eigenvalue weighted by molar-refractivity contribution is 5.86. The number of carboxylic acid groups (broad SMARTS) is 1. The molecule has 2 atom stereocenters. The van der Waals surface area contributed by atoms with E-state index in [4.69, 9.17) is 4.74 Å². The monoisotopic (exact) mass is 410 g/mol. The zero-order valence-electron chi connectivity index (χ0n) is 17.8. The number of hydrogen-bond donors (Lipinski definition) is 2. The maximum atomic E-state index is 12.9. The van der Waals surface area contributed by atoms with Crippen LogP contribution < -0.4 is 0 Å². The molecule has 1 aliphatic rings. The Bertz CT molecular complexity index is 866. The number of fused-ring (bicyclic) bond motifs is 3. The lowest BCUT2D eigenvalue weighted by molar-refractivity contribution is -0.150. The van der Waals surface area contributed by atoms with Crippen LogP contribution in [0.1, 0.15) is 50.7 Å². The Balaban J connectivity index is 1.66. The van der Waals surface area contributed by atoms with Gasteiger partial charge in [-0.2, -0.15) is 0 Å². The second-order valence-corrected chi connectivity index (χ2v) is 8.79. The van der Waals surface area contributed by atoms with E-state index >= 15 is 0 Å². The normalized spacial score (nSPS) is 15.3. The molecule has 30 heavy (non-hydrogen) atoms. The first-order valence-corrected chi connectivity index (χ1v) is 10.4. The summed E-state index contributed by atoms with van der Waals surface area (Å²) in [4.78, 5) is 24.6. The molecule has 0 saturated heterocycles. The van der Waals surface area contributed by atoms with Crippen LogP contribution in [0.3, 0.4) is 0 Å². The molecule has 0 aromatic heterocycles. The van der Waals surface area contributed by atoms with Gasteiger partial charge in [-0.25, -0.2) is 0 Å². The van der Waals surface area contributed by atoms with Crippen molar-refractivity contribution in [3.8, 4) is 11.1 Å². The zero-order chi connectivity index (χ0) is 21.9. The van der Waals surface area contributed by atoms with E-state index in [1.54, 1.807) is 20.8 Å². The Morgan fingerprint density at radius 2 is 1.57 bits per heavy atom. The first-order valence-electron chi connectivity index (χ1n) is 10.4. The molecule has 3 rings (SSSR count). The fraction of sp³-hybridized carbons (Fsp3) is 0.440. The summed E-state index contributed by atoms with van der Waals surface area (Å²) in [6.45, 7) is 4.77. The molecule has 0 saturated carbocycles. The van der Waals surface area contributed by atoms with Gasteiger partial charge in [-0.05, 0) is 42.5 Å². The van der Waals surface area contributed by atoms with Gasteiger partial charge >= 0.3 is 5.97 Å². The Hall–Kier alpha value is -2.50. The molecule has 160 valence electrons. The van der Waals surface area contributed by atoms with Gasteiger partial charge in [-0.15, -0.1) is 0 Å². The van der Waals surface area contributed by atoms with Crippen molar-refractivity contribution in [3.05, 3.63) is 59.7 Å². The highest BCUT2D eigenvalue weighted by Gasteiger charge is 2.33. The van der Waals surface area contributed by atoms with Crippen LogP contribution >= 0.6 is 0 Å². The first kappa shape index (κ1) is 22.2. The summed E-state index contributed by atoms with van der Waals surface area (Å²) in [7, 11) is 0. The number of aliphatic carboxylic acids is 1. The van der Waals surface area contributed by atoms with E-state index in [0.29, 0.717) is 12.8 Å². The molecule has 5 nitrogen and oxygen atoms in total. The number of carbonyl (C=O) groups is 2. The lowest BCUT2D eigenvalue weighted by Crippen LogP contribution is -2.34. The highest BCUT2D eigenvalue weighted by atomic mass is 16.5.